The number of rotatable bonds is 13. The third kappa shape index (κ3) is 9.19. The van der Waals surface area contributed by atoms with Crippen LogP contribution in [0.25, 0.3) is 22.3 Å². The molecule has 3 aromatic rings. The number of hydrogen-bond acceptors (Lipinski definition) is 10. The van der Waals surface area contributed by atoms with Gasteiger partial charge in [0.05, 0.1) is 42.4 Å². The molecule has 1 unspecified atom stereocenters. The highest BCUT2D eigenvalue weighted by molar-refractivity contribution is 7.70. The number of carbonyl (C=O) groups is 4. The highest BCUT2D eigenvalue weighted by atomic mass is 32.2. The van der Waals surface area contributed by atoms with E-state index in [2.05, 4.69) is 16.9 Å². The lowest BCUT2D eigenvalue weighted by atomic mass is 9.77. The summed E-state index contributed by atoms with van der Waals surface area (Å²) in [5, 5.41) is 3.45. The Kier molecular flexibility index (Phi) is 12.1. The van der Waals surface area contributed by atoms with Crippen LogP contribution in [0.2, 0.25) is 0 Å². The van der Waals surface area contributed by atoms with Gasteiger partial charge in [-0.1, -0.05) is 32.9 Å². The zero-order valence-corrected chi connectivity index (χ0v) is 35.4. The van der Waals surface area contributed by atoms with E-state index in [0.29, 0.717) is 46.6 Å². The van der Waals surface area contributed by atoms with E-state index in [-0.39, 0.29) is 51.7 Å². The van der Waals surface area contributed by atoms with Crippen LogP contribution in [-0.2, 0) is 30.1 Å². The highest BCUT2D eigenvalue weighted by Crippen LogP contribution is 2.48. The van der Waals surface area contributed by atoms with Gasteiger partial charge < -0.3 is 24.6 Å². The fourth-order valence-corrected chi connectivity index (χ4v) is 9.36. The van der Waals surface area contributed by atoms with Crippen molar-refractivity contribution in [3.05, 3.63) is 61.3 Å². The minimum atomic E-state index is -4.36. The van der Waals surface area contributed by atoms with Gasteiger partial charge in [0.1, 0.15) is 29.2 Å². The quantitative estimate of drug-likeness (QED) is 0.175. The van der Waals surface area contributed by atoms with Gasteiger partial charge in [-0.3, -0.25) is 24.2 Å². The van der Waals surface area contributed by atoms with Crippen LogP contribution in [-0.4, -0.2) is 113 Å². The van der Waals surface area contributed by atoms with Gasteiger partial charge in [0.15, 0.2) is 0 Å². The number of amides is 4. The van der Waals surface area contributed by atoms with E-state index >= 15 is 0 Å². The van der Waals surface area contributed by atoms with Crippen LogP contribution in [0, 0.1) is 23.2 Å². The molecule has 1 aromatic carbocycles. The van der Waals surface area contributed by atoms with Crippen molar-refractivity contribution in [1.29, 1.82) is 0 Å². The molecule has 2 aliphatic carbocycles. The Balaban J connectivity index is 1.21. The number of aromatic nitrogens is 2. The maximum Gasteiger partial charge on any atom is 0.391 e. The minimum Gasteiger partial charge on any atom is -0.497 e. The molecule has 18 heteroatoms. The van der Waals surface area contributed by atoms with E-state index in [4.69, 9.17) is 14.5 Å². The number of pyridine rings is 2. The number of fused-ring (bicyclic) bond motifs is 1. The third-order valence-electron chi connectivity index (χ3n) is 12.4. The Morgan fingerprint density at radius 2 is 1.77 bits per heavy atom. The first-order chi connectivity index (χ1) is 28.8. The molecule has 2 aliphatic heterocycles. The van der Waals surface area contributed by atoms with E-state index in [0.717, 1.165) is 4.31 Å². The molecule has 328 valence electrons. The van der Waals surface area contributed by atoms with Crippen molar-refractivity contribution in [2.75, 3.05) is 26.7 Å². The first-order valence-electron chi connectivity index (χ1n) is 20.5. The van der Waals surface area contributed by atoms with E-state index < -0.39 is 87.6 Å². The molecule has 4 heterocycles. The van der Waals surface area contributed by atoms with E-state index in [1.54, 1.807) is 63.4 Å². The summed E-state index contributed by atoms with van der Waals surface area (Å²) in [4.78, 5) is 69.2. The number of benzene rings is 1. The molecule has 4 fully saturated rings. The van der Waals surface area contributed by atoms with Gasteiger partial charge in [-0.05, 0) is 61.8 Å². The van der Waals surface area contributed by atoms with Crippen molar-refractivity contribution in [1.82, 2.24) is 29.4 Å². The molecule has 4 amide bonds. The Bertz CT molecular complexity index is 2270. The Morgan fingerprint density at radius 1 is 1.05 bits per heavy atom. The van der Waals surface area contributed by atoms with Gasteiger partial charge in [0.25, 0.3) is 5.91 Å². The number of methoxy groups -OCH3 is 1. The summed E-state index contributed by atoms with van der Waals surface area (Å²) in [7, 11) is -1.76. The Hall–Kier alpha value is -5.26. The van der Waals surface area contributed by atoms with E-state index in [1.165, 1.54) is 23.0 Å². The van der Waals surface area contributed by atoms with Gasteiger partial charge in [-0.15, -0.1) is 6.58 Å². The number of piperidine rings is 1. The number of alkyl halides is 3. The van der Waals surface area contributed by atoms with E-state index in [1.807, 2.05) is 6.07 Å². The van der Waals surface area contributed by atoms with Crippen molar-refractivity contribution in [2.24, 2.45) is 23.2 Å². The topological polar surface area (TPSA) is 168 Å². The molecule has 2 saturated heterocycles. The second-order valence-electron chi connectivity index (χ2n) is 17.5. The molecular formula is C43H51F3N6O8S. The minimum absolute atomic E-state index is 0.0442. The Labute approximate surface area is 353 Å². The number of likely N-dealkylation sites (tertiary alicyclic amines) is 2. The number of hydrogen-bond donors (Lipinski definition) is 2. The maximum atomic E-state index is 14.9. The summed E-state index contributed by atoms with van der Waals surface area (Å²) in [6.07, 6.45) is -1.75. The molecule has 2 saturated carbocycles. The molecule has 1 N–H and O–H groups in total. The van der Waals surface area contributed by atoms with Gasteiger partial charge in [-0.2, -0.15) is 13.2 Å². The molecular weight excluding hydrogens is 818 g/mol. The Morgan fingerprint density at radius 3 is 2.34 bits per heavy atom. The van der Waals surface area contributed by atoms with Gasteiger partial charge in [-0.25, -0.2) is 17.7 Å². The summed E-state index contributed by atoms with van der Waals surface area (Å²) in [6, 6.07) is 10.7. The number of halogens is 3. The molecule has 14 nitrogen and oxygen atoms in total. The first-order valence-corrected chi connectivity index (χ1v) is 21.6. The van der Waals surface area contributed by atoms with Crippen LogP contribution in [0.4, 0.5) is 13.2 Å². The molecule has 4 aliphatic rings. The molecule has 0 radical (unpaired) electrons. The summed E-state index contributed by atoms with van der Waals surface area (Å²) >= 11 is 0. The number of nitrogens with one attached hydrogen (secondary N) is 1. The highest BCUT2D eigenvalue weighted by Gasteiger charge is 2.63. The largest absolute Gasteiger partial charge is 0.497 e. The van der Waals surface area contributed by atoms with Crippen LogP contribution >= 0.6 is 0 Å². The number of nitrogens with zero attached hydrogens (tertiary/aromatic N) is 5. The van der Waals surface area contributed by atoms with Crippen molar-refractivity contribution in [2.45, 2.75) is 95.6 Å². The van der Waals surface area contributed by atoms with E-state index in [9.17, 15) is 40.8 Å². The third-order valence-corrected chi connectivity index (χ3v) is 13.2. The zero-order valence-electron chi connectivity index (χ0n) is 34.5. The lowest BCUT2D eigenvalue weighted by molar-refractivity contribution is -0.186. The van der Waals surface area contributed by atoms with Crippen molar-refractivity contribution in [3.63, 3.8) is 0 Å². The first kappa shape index (κ1) is 43.8. The SMILES string of the molecule is C=CC1C[C@]1(NC(=O)[C@@H]1C[C@@H](Oc2cc(-c3ccccn3)nc3cc(OC)ccc23)CN1C(=O)[C@@H](CC(=O)N1CCC(C(F)(F)F)CC1)C(C)(C)C)C(=O)N(C1CC1)[SH](=O)=O. The summed E-state index contributed by atoms with van der Waals surface area (Å²) in [6.45, 7) is 8.82. The second kappa shape index (κ2) is 16.9. The predicted molar refractivity (Wildman–Crippen MR) is 218 cm³/mol. The average Bonchev–Trinajstić information content (AvgIpc) is 4.15. The van der Waals surface area contributed by atoms with Crippen LogP contribution < -0.4 is 14.8 Å². The predicted octanol–water partition coefficient (Wildman–Crippen LogP) is 5.09. The van der Waals surface area contributed by atoms with Crippen LogP contribution in [0.15, 0.2) is 61.3 Å². The van der Waals surface area contributed by atoms with Crippen LogP contribution in [0.1, 0.15) is 65.7 Å². The second-order valence-corrected chi connectivity index (χ2v) is 18.4. The summed E-state index contributed by atoms with van der Waals surface area (Å²) < 4.78 is 77.9. The van der Waals surface area contributed by atoms with Crippen LogP contribution in [0.3, 0.4) is 0 Å². The summed E-state index contributed by atoms with van der Waals surface area (Å²) in [5.74, 6) is -4.63. The van der Waals surface area contributed by atoms with Gasteiger partial charge >= 0.3 is 6.18 Å². The normalized spacial score (nSPS) is 23.7. The molecule has 61 heavy (non-hydrogen) atoms. The molecule has 0 spiro atoms. The zero-order chi connectivity index (χ0) is 44.0. The fraction of sp³-hybridized carbons (Fsp3) is 0.535. The number of carbonyl (C=O) groups excluding carboxylic acids is 4. The fourth-order valence-electron chi connectivity index (χ4n) is 8.54. The maximum absolute atomic E-state index is 14.9. The smallest absolute Gasteiger partial charge is 0.391 e. The number of ether oxygens (including phenoxy) is 2. The molecule has 0 bridgehead atoms. The standard InChI is InChI=1S/C43H51F3N6O8S/c1-6-25-23-42(25,40(56)52(61(57)58)27-10-11-27)49-38(54)35-20-29(60-36-22-34(32-9-7-8-16-47-32)48-33-19-28(59-5)12-13-30(33)36)24-51(35)39(55)31(41(2,3)4)21-37(53)50-17-14-26(15-18-50)43(44,45)46/h6-9,12-13,16,19,22,25-27,29,31,35,61H,1,10-11,14-15,17-18,20-21,23-24H2,2-5H3,(H,49,54)/t25?,29-,31-,35+,42-/m1/s1. The molecule has 7 rings (SSSR count). The van der Waals surface area contributed by atoms with Gasteiger partial charge in [0.2, 0.25) is 28.6 Å². The monoisotopic (exact) mass is 868 g/mol. The summed E-state index contributed by atoms with van der Waals surface area (Å²) in [5.41, 5.74) is -0.854. The molecule has 2 aromatic heterocycles. The van der Waals surface area contributed by atoms with Crippen LogP contribution in [0.5, 0.6) is 11.5 Å². The average molecular weight is 869 g/mol. The van der Waals surface area contributed by atoms with Crippen molar-refractivity contribution >= 4 is 45.4 Å². The molecule has 5 atom stereocenters. The number of thiol groups is 1. The lowest BCUT2D eigenvalue weighted by Gasteiger charge is -2.37. The lowest BCUT2D eigenvalue weighted by Crippen LogP contribution is -2.57. The van der Waals surface area contributed by atoms with Gasteiger partial charge in [0, 0.05) is 61.6 Å². The van der Waals surface area contributed by atoms with Crippen molar-refractivity contribution < 1.29 is 50.2 Å². The van der Waals surface area contributed by atoms with Crippen molar-refractivity contribution in [3.8, 4) is 22.9 Å².